The maximum Gasteiger partial charge on any atom is 0.343 e. The Morgan fingerprint density at radius 3 is 2.27 bits per heavy atom. The van der Waals surface area contributed by atoms with Crippen molar-refractivity contribution >= 4 is 46.2 Å². The Morgan fingerprint density at radius 1 is 0.847 bits per heavy atom. The van der Waals surface area contributed by atoms with Crippen LogP contribution in [0.2, 0.25) is 0 Å². The fourth-order valence-electron chi connectivity index (χ4n) is 7.03. The van der Waals surface area contributed by atoms with E-state index in [1.54, 1.807) is 36.5 Å². The van der Waals surface area contributed by atoms with Crippen molar-refractivity contribution in [3.05, 3.63) is 149 Å². The molecule has 3 unspecified atom stereocenters. The van der Waals surface area contributed by atoms with E-state index in [1.807, 2.05) is 48.5 Å². The smallest absolute Gasteiger partial charge is 0.343 e. The quantitative estimate of drug-likeness (QED) is 0.0156. The highest BCUT2D eigenvalue weighted by Crippen LogP contribution is 2.39. The number of hydrogen-bond acceptors (Lipinski definition) is 10. The van der Waals surface area contributed by atoms with Crippen molar-refractivity contribution in [2.45, 2.75) is 37.9 Å². The minimum atomic E-state index is -0.766. The highest BCUT2D eigenvalue weighted by molar-refractivity contribution is 6.13. The monoisotopic (exact) mass is 791 g/mol. The number of carbonyl (C=O) groups is 2. The molecule has 0 N–H and O–H groups in total. The van der Waals surface area contributed by atoms with Gasteiger partial charge in [0.25, 0.3) is 0 Å². The van der Waals surface area contributed by atoms with Crippen LogP contribution >= 0.6 is 0 Å². The lowest BCUT2D eigenvalue weighted by atomic mass is 9.90. The number of ether oxygens (including phenoxy) is 5. The van der Waals surface area contributed by atoms with Gasteiger partial charge in [-0.05, 0) is 107 Å². The molecule has 1 saturated heterocycles. The molecule has 0 spiro atoms. The van der Waals surface area contributed by atoms with Crippen molar-refractivity contribution in [3.63, 3.8) is 0 Å². The molecule has 59 heavy (non-hydrogen) atoms. The zero-order valence-corrected chi connectivity index (χ0v) is 32.5. The molecule has 1 aliphatic carbocycles. The lowest BCUT2D eigenvalue weighted by molar-refractivity contribution is 0.0734. The maximum atomic E-state index is 13.9. The summed E-state index contributed by atoms with van der Waals surface area (Å²) in [6.07, 6.45) is 9.63. The van der Waals surface area contributed by atoms with Gasteiger partial charge in [-0.25, -0.2) is 9.18 Å². The first-order valence-electron chi connectivity index (χ1n) is 19.4. The molecule has 1 heterocycles. The number of esters is 1. The standard InChI is InChI=1S/C31H20FN3O3.C17H22O4/c1-37-30-13-11-22(31(36)38-25-12-10-23(17-33)29(32)16-25)15-24(30)18-34-35-19-28-26-8-4-2-6-20(26)14-21-7-3-5-9-27(21)28;18-11-13-2-5-15(6-3-13)20-9-1-8-19-12-14-4-7-16-17(10-14)21-16/h2-16,18-19H,1H3;2-3,5-6,11,14,16-17H,1,4,7-10,12H2/b34-18+,35-19+;. The summed E-state index contributed by atoms with van der Waals surface area (Å²) in [6, 6.07) is 35.5. The average molecular weight is 792 g/mol. The molecule has 10 nitrogen and oxygen atoms in total. The molecule has 0 bridgehead atoms. The van der Waals surface area contributed by atoms with Gasteiger partial charge in [0.2, 0.25) is 0 Å². The molecule has 11 heteroatoms. The summed E-state index contributed by atoms with van der Waals surface area (Å²) < 4.78 is 41.4. The summed E-state index contributed by atoms with van der Waals surface area (Å²) in [5, 5.41) is 21.7. The van der Waals surface area contributed by atoms with Crippen LogP contribution in [0, 0.1) is 23.1 Å². The van der Waals surface area contributed by atoms with Gasteiger partial charge in [0, 0.05) is 42.4 Å². The predicted octanol–water partition coefficient (Wildman–Crippen LogP) is 9.54. The molecule has 0 aromatic heterocycles. The average Bonchev–Trinajstić information content (AvgIpc) is 4.05. The second-order valence-electron chi connectivity index (χ2n) is 14.2. The molecule has 0 radical (unpaired) electrons. The number of nitriles is 1. The van der Waals surface area contributed by atoms with Crippen LogP contribution in [0.4, 0.5) is 4.39 Å². The highest BCUT2D eigenvalue weighted by Gasteiger charge is 2.43. The third kappa shape index (κ3) is 10.6. The summed E-state index contributed by atoms with van der Waals surface area (Å²) in [5.74, 6) is 0.481. The maximum absolute atomic E-state index is 13.9. The van der Waals surface area contributed by atoms with Crippen LogP contribution in [0.5, 0.6) is 17.2 Å². The zero-order valence-electron chi connectivity index (χ0n) is 32.5. The number of epoxide rings is 1. The van der Waals surface area contributed by atoms with Crippen molar-refractivity contribution < 1.29 is 37.7 Å². The molecular weight excluding hydrogens is 750 g/mol. The Hall–Kier alpha value is -6.74. The Bertz CT molecular complexity index is 2480. The highest BCUT2D eigenvalue weighted by atomic mass is 19.1. The van der Waals surface area contributed by atoms with Crippen LogP contribution in [-0.4, -0.2) is 63.8 Å². The van der Waals surface area contributed by atoms with E-state index in [0.29, 0.717) is 41.6 Å². The van der Waals surface area contributed by atoms with Crippen molar-refractivity contribution in [1.82, 2.24) is 0 Å². The minimum Gasteiger partial charge on any atom is -0.496 e. The number of aldehydes is 1. The third-order valence-electron chi connectivity index (χ3n) is 10.2. The Balaban J connectivity index is 0.000000212. The molecule has 3 atom stereocenters. The summed E-state index contributed by atoms with van der Waals surface area (Å²) in [5.41, 5.74) is 2.20. The molecule has 1 saturated carbocycles. The molecule has 2 fully saturated rings. The predicted molar refractivity (Wildman–Crippen MR) is 224 cm³/mol. The number of fused-ring (bicyclic) bond motifs is 3. The van der Waals surface area contributed by atoms with E-state index in [0.717, 1.165) is 64.8 Å². The normalized spacial score (nSPS) is 16.9. The lowest BCUT2D eigenvalue weighted by Crippen LogP contribution is -2.19. The SMILES string of the molecule is COc1ccc(C(=O)Oc2ccc(C#N)c(F)c2)cc1/C=N/N=C/c1c2ccccc2cc2ccccc12.O=Cc1ccc(OCCCOCC2CCC3OC3C2)cc1. The van der Waals surface area contributed by atoms with Gasteiger partial charge < -0.3 is 23.7 Å². The van der Waals surface area contributed by atoms with Gasteiger partial charge in [-0.1, -0.05) is 48.5 Å². The first-order chi connectivity index (χ1) is 28.9. The fourth-order valence-corrected chi connectivity index (χ4v) is 7.03. The topological polar surface area (TPSA) is 132 Å². The number of nitrogens with zero attached hydrogens (tertiary/aromatic N) is 3. The van der Waals surface area contributed by atoms with E-state index in [2.05, 4.69) is 28.4 Å². The van der Waals surface area contributed by atoms with Crippen molar-refractivity contribution in [2.75, 3.05) is 26.9 Å². The van der Waals surface area contributed by atoms with Gasteiger partial charge in [0.05, 0.1) is 49.5 Å². The second-order valence-corrected chi connectivity index (χ2v) is 14.2. The molecule has 0 amide bonds. The molecule has 6 aromatic rings. The van der Waals surface area contributed by atoms with Gasteiger partial charge >= 0.3 is 5.97 Å². The number of halogens is 1. The zero-order chi connectivity index (χ0) is 41.0. The second kappa shape index (κ2) is 19.6. The number of methoxy groups -OCH3 is 1. The molecule has 298 valence electrons. The van der Waals surface area contributed by atoms with Gasteiger partial charge in [0.15, 0.2) is 0 Å². The van der Waals surface area contributed by atoms with Gasteiger partial charge in [-0.2, -0.15) is 15.5 Å². The van der Waals surface area contributed by atoms with E-state index in [-0.39, 0.29) is 16.9 Å². The van der Waals surface area contributed by atoms with Crippen LogP contribution in [0.3, 0.4) is 0 Å². The fraction of sp³-hybridized carbons (Fsp3) is 0.229. The molecule has 6 aromatic carbocycles. The van der Waals surface area contributed by atoms with Gasteiger partial charge in [0.1, 0.15) is 35.4 Å². The Kier molecular flexibility index (Phi) is 13.4. The van der Waals surface area contributed by atoms with E-state index in [4.69, 9.17) is 28.9 Å². The summed E-state index contributed by atoms with van der Waals surface area (Å²) in [6.45, 7) is 2.22. The first-order valence-corrected chi connectivity index (χ1v) is 19.4. The number of benzene rings is 6. The van der Waals surface area contributed by atoms with Crippen molar-refractivity contribution in [3.8, 4) is 23.3 Å². The first kappa shape index (κ1) is 40.5. The van der Waals surface area contributed by atoms with E-state index in [1.165, 1.54) is 50.8 Å². The van der Waals surface area contributed by atoms with Crippen LogP contribution in [0.1, 0.15) is 63.1 Å². The van der Waals surface area contributed by atoms with Crippen molar-refractivity contribution in [1.29, 1.82) is 5.26 Å². The largest absolute Gasteiger partial charge is 0.496 e. The number of rotatable bonds is 14. The van der Waals surface area contributed by atoms with Crippen LogP contribution in [-0.2, 0) is 9.47 Å². The van der Waals surface area contributed by atoms with Crippen LogP contribution in [0.15, 0.2) is 125 Å². The lowest BCUT2D eigenvalue weighted by Gasteiger charge is -2.18. The van der Waals surface area contributed by atoms with Crippen molar-refractivity contribution in [2.24, 2.45) is 16.1 Å². The van der Waals surface area contributed by atoms with Gasteiger partial charge in [-0.3, -0.25) is 4.79 Å². The van der Waals surface area contributed by atoms with Crippen LogP contribution in [0.25, 0.3) is 21.5 Å². The van der Waals surface area contributed by atoms with E-state index in [9.17, 15) is 14.0 Å². The number of hydrogen-bond donors (Lipinski definition) is 0. The summed E-state index contributed by atoms with van der Waals surface area (Å²) in [4.78, 5) is 23.2. The number of carbonyl (C=O) groups excluding carboxylic acids is 2. The third-order valence-corrected chi connectivity index (χ3v) is 10.2. The summed E-state index contributed by atoms with van der Waals surface area (Å²) >= 11 is 0. The molecular formula is C48H42FN3O7. The molecule has 1 aliphatic heterocycles. The van der Waals surface area contributed by atoms with E-state index < -0.39 is 11.8 Å². The van der Waals surface area contributed by atoms with Gasteiger partial charge in [-0.15, -0.1) is 0 Å². The molecule has 8 rings (SSSR count). The Labute approximate surface area is 341 Å². The minimum absolute atomic E-state index is 0.00977. The van der Waals surface area contributed by atoms with E-state index >= 15 is 0 Å². The van der Waals surface area contributed by atoms with Crippen LogP contribution < -0.4 is 14.2 Å². The Morgan fingerprint density at radius 2 is 1.58 bits per heavy atom. The summed E-state index contributed by atoms with van der Waals surface area (Å²) in [7, 11) is 1.51. The molecule has 2 aliphatic rings.